The summed E-state index contributed by atoms with van der Waals surface area (Å²) < 4.78 is 7.48. The third kappa shape index (κ3) is 3.29. The van der Waals surface area contributed by atoms with Crippen molar-refractivity contribution in [2.45, 2.75) is 32.4 Å². The molecular weight excluding hydrogens is 344 g/mol. The molecule has 2 fully saturated rings. The van der Waals surface area contributed by atoms with Gasteiger partial charge in [0.1, 0.15) is 0 Å². The fraction of sp³-hybridized carbons (Fsp3) is 0.450. The van der Waals surface area contributed by atoms with E-state index in [1.807, 2.05) is 48.9 Å². The first-order valence-electron chi connectivity index (χ1n) is 9.19. The highest BCUT2D eigenvalue weighted by molar-refractivity contribution is 5.94. The lowest BCUT2D eigenvalue weighted by Gasteiger charge is -2.21. The molecule has 3 heterocycles. The van der Waals surface area contributed by atoms with Crippen LogP contribution in [0.5, 0.6) is 0 Å². The minimum absolute atomic E-state index is 0.0184. The number of benzene rings is 1. The summed E-state index contributed by atoms with van der Waals surface area (Å²) in [6, 6.07) is 9.72. The lowest BCUT2D eigenvalue weighted by molar-refractivity contribution is 0.0553. The van der Waals surface area contributed by atoms with Crippen molar-refractivity contribution in [1.82, 2.24) is 19.6 Å². The van der Waals surface area contributed by atoms with E-state index in [1.165, 1.54) is 0 Å². The molecule has 27 heavy (non-hydrogen) atoms. The molecule has 0 bridgehead atoms. The van der Waals surface area contributed by atoms with Crippen LogP contribution < -0.4 is 0 Å². The van der Waals surface area contributed by atoms with E-state index in [-0.39, 0.29) is 12.0 Å². The van der Waals surface area contributed by atoms with Crippen molar-refractivity contribution in [1.29, 1.82) is 0 Å². The first-order chi connectivity index (χ1) is 12.8. The van der Waals surface area contributed by atoms with E-state index >= 15 is 0 Å². The quantitative estimate of drug-likeness (QED) is 0.833. The molecule has 1 spiro atoms. The van der Waals surface area contributed by atoms with Crippen LogP contribution in [-0.4, -0.2) is 63.9 Å². The molecule has 7 nitrogen and oxygen atoms in total. The van der Waals surface area contributed by atoms with Gasteiger partial charge in [0.2, 0.25) is 0 Å². The standard InChI is InChI=1S/C20H24N4O3/c1-14-10-15(2)24(21-14)11-16-4-6-17(7-5-16)18(25)23-9-8-20(13-23)12-22(3)19(26)27-20/h4-7,10H,8-9,11-13H2,1-3H3/t20-/m1/s1. The molecule has 142 valence electrons. The maximum Gasteiger partial charge on any atom is 0.410 e. The van der Waals surface area contributed by atoms with Crippen LogP contribution in [0.25, 0.3) is 0 Å². The highest BCUT2D eigenvalue weighted by atomic mass is 16.6. The number of hydrogen-bond acceptors (Lipinski definition) is 4. The summed E-state index contributed by atoms with van der Waals surface area (Å²) in [6.07, 6.45) is 0.378. The van der Waals surface area contributed by atoms with E-state index in [0.29, 0.717) is 38.2 Å². The maximum atomic E-state index is 12.8. The monoisotopic (exact) mass is 368 g/mol. The third-order valence-corrected chi connectivity index (χ3v) is 5.38. The second kappa shape index (κ2) is 6.40. The first kappa shape index (κ1) is 17.6. The summed E-state index contributed by atoms with van der Waals surface area (Å²) in [5.41, 5.74) is 3.33. The van der Waals surface area contributed by atoms with Crippen molar-refractivity contribution in [3.8, 4) is 0 Å². The lowest BCUT2D eigenvalue weighted by Crippen LogP contribution is -2.39. The molecule has 1 aromatic carbocycles. The van der Waals surface area contributed by atoms with Crippen molar-refractivity contribution < 1.29 is 14.3 Å². The molecular formula is C20H24N4O3. The van der Waals surface area contributed by atoms with Crippen LogP contribution in [0, 0.1) is 13.8 Å². The van der Waals surface area contributed by atoms with Crippen molar-refractivity contribution in [3.05, 3.63) is 52.8 Å². The number of carbonyl (C=O) groups excluding carboxylic acids is 2. The largest absolute Gasteiger partial charge is 0.439 e. The molecule has 0 aliphatic carbocycles. The van der Waals surface area contributed by atoms with Gasteiger partial charge in [0.15, 0.2) is 5.60 Å². The molecule has 0 N–H and O–H groups in total. The second-order valence-electron chi connectivity index (χ2n) is 7.67. The van der Waals surface area contributed by atoms with Crippen molar-refractivity contribution in [2.75, 3.05) is 26.7 Å². The highest BCUT2D eigenvalue weighted by Crippen LogP contribution is 2.32. The molecule has 0 saturated carbocycles. The number of amides is 2. The van der Waals surface area contributed by atoms with Crippen LogP contribution in [0.1, 0.15) is 33.7 Å². The number of nitrogens with zero attached hydrogens (tertiary/aromatic N) is 4. The zero-order valence-electron chi connectivity index (χ0n) is 15.9. The van der Waals surface area contributed by atoms with E-state index in [9.17, 15) is 9.59 Å². The third-order valence-electron chi connectivity index (χ3n) is 5.38. The zero-order chi connectivity index (χ0) is 19.2. The van der Waals surface area contributed by atoms with Gasteiger partial charge in [-0.3, -0.25) is 9.48 Å². The van der Waals surface area contributed by atoms with Crippen LogP contribution in [0.4, 0.5) is 4.79 Å². The van der Waals surface area contributed by atoms with E-state index in [1.54, 1.807) is 16.8 Å². The van der Waals surface area contributed by atoms with Gasteiger partial charge in [-0.05, 0) is 37.6 Å². The molecule has 2 aliphatic rings. The summed E-state index contributed by atoms with van der Waals surface area (Å²) in [5.74, 6) is -0.0184. The SMILES string of the molecule is Cc1cc(C)n(Cc2ccc(C(=O)N3CC[C@@]4(CN(C)C(=O)O4)C3)cc2)n1. The van der Waals surface area contributed by atoms with Crippen LogP contribution in [0.3, 0.4) is 0 Å². The Morgan fingerprint density at radius 1 is 1.22 bits per heavy atom. The Hall–Kier alpha value is -2.83. The second-order valence-corrected chi connectivity index (χ2v) is 7.67. The average Bonchev–Trinajstić information content (AvgIpc) is 3.26. The van der Waals surface area contributed by atoms with Crippen molar-refractivity contribution in [2.24, 2.45) is 0 Å². The molecule has 2 aromatic rings. The number of aromatic nitrogens is 2. The molecule has 2 saturated heterocycles. The smallest absolute Gasteiger partial charge is 0.410 e. The summed E-state index contributed by atoms with van der Waals surface area (Å²) in [4.78, 5) is 27.9. The average molecular weight is 368 g/mol. The van der Waals surface area contributed by atoms with Crippen molar-refractivity contribution in [3.63, 3.8) is 0 Å². The van der Waals surface area contributed by atoms with Gasteiger partial charge in [0.25, 0.3) is 5.91 Å². The fourth-order valence-corrected chi connectivity index (χ4v) is 3.97. The predicted molar refractivity (Wildman–Crippen MR) is 99.6 cm³/mol. The molecule has 0 radical (unpaired) electrons. The van der Waals surface area contributed by atoms with Gasteiger partial charge < -0.3 is 14.5 Å². The van der Waals surface area contributed by atoms with Crippen LogP contribution in [-0.2, 0) is 11.3 Å². The Morgan fingerprint density at radius 3 is 2.56 bits per heavy atom. The Labute approximate surface area is 158 Å². The number of aryl methyl sites for hydroxylation is 2. The molecule has 7 heteroatoms. The summed E-state index contributed by atoms with van der Waals surface area (Å²) in [6.45, 7) is 6.30. The van der Waals surface area contributed by atoms with Gasteiger partial charge in [0.05, 0.1) is 25.3 Å². The maximum absolute atomic E-state index is 12.8. The minimum atomic E-state index is -0.545. The molecule has 1 aromatic heterocycles. The minimum Gasteiger partial charge on any atom is -0.439 e. The first-order valence-corrected chi connectivity index (χ1v) is 9.19. The van der Waals surface area contributed by atoms with Crippen LogP contribution >= 0.6 is 0 Å². The van der Waals surface area contributed by atoms with Crippen LogP contribution in [0.2, 0.25) is 0 Å². The van der Waals surface area contributed by atoms with E-state index in [2.05, 4.69) is 5.10 Å². The molecule has 2 aliphatic heterocycles. The van der Waals surface area contributed by atoms with Crippen molar-refractivity contribution >= 4 is 12.0 Å². The summed E-state index contributed by atoms with van der Waals surface area (Å²) in [5, 5.41) is 4.48. The Balaban J connectivity index is 1.43. The van der Waals surface area contributed by atoms with E-state index in [0.717, 1.165) is 17.0 Å². The number of ether oxygens (including phenoxy) is 1. The number of likely N-dealkylation sites (tertiary alicyclic amines) is 1. The highest BCUT2D eigenvalue weighted by Gasteiger charge is 2.49. The van der Waals surface area contributed by atoms with Gasteiger partial charge in [0, 0.05) is 31.3 Å². The normalized spacial score (nSPS) is 22.0. The number of hydrogen-bond donors (Lipinski definition) is 0. The summed E-state index contributed by atoms with van der Waals surface area (Å²) >= 11 is 0. The van der Waals surface area contributed by atoms with E-state index < -0.39 is 5.60 Å². The van der Waals surface area contributed by atoms with Gasteiger partial charge in [-0.2, -0.15) is 5.10 Å². The Morgan fingerprint density at radius 2 is 1.96 bits per heavy atom. The Bertz CT molecular complexity index is 889. The van der Waals surface area contributed by atoms with Gasteiger partial charge in [-0.1, -0.05) is 12.1 Å². The predicted octanol–water partition coefficient (Wildman–Crippen LogP) is 2.21. The molecule has 4 rings (SSSR count). The lowest BCUT2D eigenvalue weighted by atomic mass is 10.0. The molecule has 1 atom stereocenters. The zero-order valence-corrected chi connectivity index (χ0v) is 15.9. The van der Waals surface area contributed by atoms with Gasteiger partial charge in [-0.15, -0.1) is 0 Å². The van der Waals surface area contributed by atoms with Crippen LogP contribution in [0.15, 0.2) is 30.3 Å². The molecule has 2 amide bonds. The number of likely N-dealkylation sites (N-methyl/N-ethyl adjacent to an activating group) is 1. The van der Waals surface area contributed by atoms with Gasteiger partial charge in [-0.25, -0.2) is 4.79 Å². The van der Waals surface area contributed by atoms with Gasteiger partial charge >= 0.3 is 6.09 Å². The summed E-state index contributed by atoms with van der Waals surface area (Å²) in [7, 11) is 1.73. The topological polar surface area (TPSA) is 67.7 Å². The number of carbonyl (C=O) groups is 2. The fourth-order valence-electron chi connectivity index (χ4n) is 3.97. The van der Waals surface area contributed by atoms with E-state index in [4.69, 9.17) is 4.74 Å². The molecule has 0 unspecified atom stereocenters. The Kier molecular flexibility index (Phi) is 4.17. The number of rotatable bonds is 3.